The van der Waals surface area contributed by atoms with Crippen LogP contribution in [-0.4, -0.2) is 59.6 Å². The lowest BCUT2D eigenvalue weighted by Crippen LogP contribution is -2.40. The van der Waals surface area contributed by atoms with Crippen molar-refractivity contribution in [3.05, 3.63) is 34.9 Å². The van der Waals surface area contributed by atoms with Gasteiger partial charge in [-0.25, -0.2) is 4.79 Å². The van der Waals surface area contributed by atoms with E-state index in [9.17, 15) is 14.7 Å². The number of carbonyl (C=O) groups excluding carboxylic acids is 1. The number of methoxy groups -OCH3 is 1. The predicted molar refractivity (Wildman–Crippen MR) is 84.1 cm³/mol. The minimum absolute atomic E-state index is 0.173. The van der Waals surface area contributed by atoms with Crippen molar-refractivity contribution in [3.8, 4) is 0 Å². The average Bonchev–Trinajstić information content (AvgIpc) is 3.17. The minimum Gasteiger partial charge on any atom is -0.480 e. The van der Waals surface area contributed by atoms with E-state index in [4.69, 9.17) is 4.74 Å². The van der Waals surface area contributed by atoms with Crippen LogP contribution in [0.5, 0.6) is 0 Å². The van der Waals surface area contributed by atoms with Crippen molar-refractivity contribution in [1.29, 1.82) is 0 Å². The Kier molecular flexibility index (Phi) is 4.63. The summed E-state index contributed by atoms with van der Waals surface area (Å²) >= 11 is 0. The maximum atomic E-state index is 12.6. The highest BCUT2D eigenvalue weighted by molar-refractivity contribution is 5.97. The van der Waals surface area contributed by atoms with Gasteiger partial charge in [0.25, 0.3) is 5.91 Å². The highest BCUT2D eigenvalue weighted by atomic mass is 16.5. The number of fused-ring (bicyclic) bond motifs is 1. The molecule has 0 aromatic heterocycles. The van der Waals surface area contributed by atoms with Crippen molar-refractivity contribution >= 4 is 11.9 Å². The van der Waals surface area contributed by atoms with Gasteiger partial charge in [0, 0.05) is 38.9 Å². The molecule has 1 atom stereocenters. The smallest absolute Gasteiger partial charge is 0.326 e. The molecule has 1 amide bonds. The molecular weight excluding hydrogens is 296 g/mol. The normalized spacial score (nSPS) is 20.7. The molecule has 2 heterocycles. The Morgan fingerprint density at radius 1 is 1.30 bits per heavy atom. The number of carboxylic acids is 1. The van der Waals surface area contributed by atoms with Crippen molar-refractivity contribution in [2.45, 2.75) is 32.0 Å². The van der Waals surface area contributed by atoms with Gasteiger partial charge in [0.1, 0.15) is 6.04 Å². The number of hydrogen-bond acceptors (Lipinski definition) is 4. The first-order valence-corrected chi connectivity index (χ1v) is 7.97. The molecule has 1 N–H and O–H groups in total. The first-order valence-electron chi connectivity index (χ1n) is 7.97. The SMILES string of the molecule is COCCN1Cc2ccc(C(=O)N3CCCC3C(=O)O)cc2C1. The van der Waals surface area contributed by atoms with Crippen molar-refractivity contribution in [2.24, 2.45) is 0 Å². The van der Waals surface area contributed by atoms with Crippen molar-refractivity contribution in [1.82, 2.24) is 9.80 Å². The molecule has 6 heteroatoms. The van der Waals surface area contributed by atoms with Gasteiger partial charge in [-0.05, 0) is 36.1 Å². The molecule has 1 aromatic rings. The number of benzene rings is 1. The van der Waals surface area contributed by atoms with E-state index in [1.165, 1.54) is 10.5 Å². The fourth-order valence-electron chi connectivity index (χ4n) is 3.41. The lowest BCUT2D eigenvalue weighted by molar-refractivity contribution is -0.141. The summed E-state index contributed by atoms with van der Waals surface area (Å²) in [5, 5.41) is 9.24. The van der Waals surface area contributed by atoms with Crippen LogP contribution < -0.4 is 0 Å². The summed E-state index contributed by atoms with van der Waals surface area (Å²) in [7, 11) is 1.69. The van der Waals surface area contributed by atoms with Gasteiger partial charge in [0.05, 0.1) is 6.61 Å². The standard InChI is InChI=1S/C17H22N2O4/c1-23-8-7-18-10-13-5-4-12(9-14(13)11-18)16(20)19-6-2-3-15(19)17(21)22/h4-5,9,15H,2-3,6-8,10-11H2,1H3,(H,21,22). The van der Waals surface area contributed by atoms with Crippen LogP contribution in [0, 0.1) is 0 Å². The topological polar surface area (TPSA) is 70.1 Å². The highest BCUT2D eigenvalue weighted by Gasteiger charge is 2.34. The van der Waals surface area contributed by atoms with E-state index in [-0.39, 0.29) is 5.91 Å². The summed E-state index contributed by atoms with van der Waals surface area (Å²) in [4.78, 5) is 27.7. The number of amides is 1. The van der Waals surface area contributed by atoms with Crippen LogP contribution in [0.1, 0.15) is 34.3 Å². The maximum absolute atomic E-state index is 12.6. The van der Waals surface area contributed by atoms with Crippen LogP contribution in [0.15, 0.2) is 18.2 Å². The maximum Gasteiger partial charge on any atom is 0.326 e. The molecule has 0 radical (unpaired) electrons. The third-order valence-corrected chi connectivity index (χ3v) is 4.65. The molecule has 0 saturated carbocycles. The van der Waals surface area contributed by atoms with Gasteiger partial charge in [-0.2, -0.15) is 0 Å². The molecule has 6 nitrogen and oxygen atoms in total. The molecule has 0 spiro atoms. The van der Waals surface area contributed by atoms with Gasteiger partial charge in [0.15, 0.2) is 0 Å². The first-order chi connectivity index (χ1) is 11.1. The summed E-state index contributed by atoms with van der Waals surface area (Å²) in [5.41, 5.74) is 2.97. The van der Waals surface area contributed by atoms with Gasteiger partial charge in [-0.3, -0.25) is 9.69 Å². The van der Waals surface area contributed by atoms with Crippen LogP contribution in [0.25, 0.3) is 0 Å². The minimum atomic E-state index is -0.914. The molecule has 1 aromatic carbocycles. The van der Waals surface area contributed by atoms with Crippen molar-refractivity contribution in [2.75, 3.05) is 26.8 Å². The van der Waals surface area contributed by atoms with Crippen LogP contribution >= 0.6 is 0 Å². The van der Waals surface area contributed by atoms with E-state index in [1.807, 2.05) is 18.2 Å². The van der Waals surface area contributed by atoms with E-state index in [1.54, 1.807) is 7.11 Å². The molecule has 124 valence electrons. The molecule has 1 fully saturated rings. The molecule has 1 unspecified atom stereocenters. The van der Waals surface area contributed by atoms with Gasteiger partial charge in [-0.1, -0.05) is 6.07 Å². The number of nitrogens with zero attached hydrogens (tertiary/aromatic N) is 2. The second kappa shape index (κ2) is 6.68. The van der Waals surface area contributed by atoms with Gasteiger partial charge >= 0.3 is 5.97 Å². The number of carboxylic acid groups (broad SMARTS) is 1. The predicted octanol–water partition coefficient (Wildman–Crippen LogP) is 1.34. The third-order valence-electron chi connectivity index (χ3n) is 4.65. The quantitative estimate of drug-likeness (QED) is 0.887. The van der Waals surface area contributed by atoms with Gasteiger partial charge in [-0.15, -0.1) is 0 Å². The zero-order chi connectivity index (χ0) is 16.4. The Bertz CT molecular complexity index is 617. The van der Waals surface area contributed by atoms with E-state index in [0.29, 0.717) is 25.1 Å². The Balaban J connectivity index is 1.73. The fraction of sp³-hybridized carbons (Fsp3) is 0.529. The number of carbonyl (C=O) groups is 2. The summed E-state index contributed by atoms with van der Waals surface area (Å²) in [6, 6.07) is 5.04. The number of aliphatic carboxylic acids is 1. The fourth-order valence-corrected chi connectivity index (χ4v) is 3.41. The summed E-state index contributed by atoms with van der Waals surface area (Å²) in [6.45, 7) is 3.75. The first kappa shape index (κ1) is 16.0. The molecule has 0 aliphatic carbocycles. The highest BCUT2D eigenvalue weighted by Crippen LogP contribution is 2.26. The van der Waals surface area contributed by atoms with Gasteiger partial charge in [0.2, 0.25) is 0 Å². The van der Waals surface area contributed by atoms with Crippen LogP contribution in [0.4, 0.5) is 0 Å². The molecule has 2 aliphatic heterocycles. The van der Waals surface area contributed by atoms with Crippen molar-refractivity contribution < 1.29 is 19.4 Å². The lowest BCUT2D eigenvalue weighted by Gasteiger charge is -2.21. The van der Waals surface area contributed by atoms with E-state index in [2.05, 4.69) is 4.90 Å². The number of hydrogen-bond donors (Lipinski definition) is 1. The summed E-state index contributed by atoms with van der Waals surface area (Å²) < 4.78 is 5.11. The number of ether oxygens (including phenoxy) is 1. The largest absolute Gasteiger partial charge is 0.480 e. The Labute approximate surface area is 135 Å². The van der Waals surface area contributed by atoms with E-state index >= 15 is 0 Å². The molecule has 1 saturated heterocycles. The number of rotatable bonds is 5. The zero-order valence-corrected chi connectivity index (χ0v) is 13.3. The van der Waals surface area contributed by atoms with Crippen molar-refractivity contribution in [3.63, 3.8) is 0 Å². The average molecular weight is 318 g/mol. The van der Waals surface area contributed by atoms with Gasteiger partial charge < -0.3 is 14.7 Å². The second-order valence-electron chi connectivity index (χ2n) is 6.18. The van der Waals surface area contributed by atoms with E-state index < -0.39 is 12.0 Å². The molecular formula is C17H22N2O4. The molecule has 23 heavy (non-hydrogen) atoms. The van der Waals surface area contributed by atoms with E-state index in [0.717, 1.165) is 31.6 Å². The van der Waals surface area contributed by atoms with Crippen LogP contribution in [0.2, 0.25) is 0 Å². The molecule has 0 bridgehead atoms. The monoisotopic (exact) mass is 318 g/mol. The molecule has 2 aliphatic rings. The Morgan fingerprint density at radius 3 is 2.83 bits per heavy atom. The lowest BCUT2D eigenvalue weighted by atomic mass is 10.1. The third kappa shape index (κ3) is 3.23. The number of likely N-dealkylation sites (tertiary alicyclic amines) is 1. The molecule has 3 rings (SSSR count). The Morgan fingerprint density at radius 2 is 2.09 bits per heavy atom. The van der Waals surface area contributed by atoms with Crippen LogP contribution in [-0.2, 0) is 22.6 Å². The van der Waals surface area contributed by atoms with Crippen LogP contribution in [0.3, 0.4) is 0 Å². The zero-order valence-electron chi connectivity index (χ0n) is 13.3. The Hall–Kier alpha value is -1.92. The summed E-state index contributed by atoms with van der Waals surface area (Å²) in [5.74, 6) is -1.09. The second-order valence-corrected chi connectivity index (χ2v) is 6.18. The summed E-state index contributed by atoms with van der Waals surface area (Å²) in [6.07, 6.45) is 1.29.